The van der Waals surface area contributed by atoms with Crippen LogP contribution in [0.25, 0.3) is 0 Å². The van der Waals surface area contributed by atoms with Gasteiger partial charge in [0.05, 0.1) is 10.6 Å². The van der Waals surface area contributed by atoms with Crippen molar-refractivity contribution in [2.45, 2.75) is 44.6 Å². The number of anilines is 1. The molecule has 0 bridgehead atoms. The summed E-state index contributed by atoms with van der Waals surface area (Å²) >= 11 is 0. The molecule has 8 heteroatoms. The Kier molecular flexibility index (Phi) is 10.5. The molecular formula is C30H37N3O4S. The Hall–Kier alpha value is -3.65. The number of hydrogen-bond acceptors (Lipinski definition) is 4. The number of amides is 2. The van der Waals surface area contributed by atoms with Crippen LogP contribution in [-0.4, -0.2) is 50.8 Å². The van der Waals surface area contributed by atoms with Gasteiger partial charge in [-0.3, -0.25) is 13.9 Å². The maximum absolute atomic E-state index is 13.9. The molecule has 3 aromatic rings. The van der Waals surface area contributed by atoms with E-state index in [0.717, 1.165) is 9.87 Å². The first-order chi connectivity index (χ1) is 18.2. The Bertz CT molecular complexity index is 1270. The fourth-order valence-corrected chi connectivity index (χ4v) is 5.60. The Morgan fingerprint density at radius 1 is 0.842 bits per heavy atom. The molecule has 3 aromatic carbocycles. The van der Waals surface area contributed by atoms with Crippen molar-refractivity contribution >= 4 is 27.5 Å². The minimum absolute atomic E-state index is 0.0919. The van der Waals surface area contributed by atoms with Crippen LogP contribution in [0.15, 0.2) is 95.9 Å². The summed E-state index contributed by atoms with van der Waals surface area (Å²) in [4.78, 5) is 28.7. The normalized spacial score (nSPS) is 12.1. The Morgan fingerprint density at radius 2 is 1.39 bits per heavy atom. The van der Waals surface area contributed by atoms with Crippen molar-refractivity contribution in [2.24, 2.45) is 5.92 Å². The lowest BCUT2D eigenvalue weighted by molar-refractivity contribution is -0.139. The predicted octanol–water partition coefficient (Wildman–Crippen LogP) is 4.50. The number of nitrogens with zero attached hydrogens (tertiary/aromatic N) is 2. The lowest BCUT2D eigenvalue weighted by Crippen LogP contribution is -2.53. The van der Waals surface area contributed by atoms with E-state index in [0.29, 0.717) is 25.1 Å². The highest BCUT2D eigenvalue weighted by atomic mass is 32.2. The second-order valence-electron chi connectivity index (χ2n) is 9.55. The number of benzene rings is 3. The van der Waals surface area contributed by atoms with Gasteiger partial charge in [0.1, 0.15) is 12.6 Å². The summed E-state index contributed by atoms with van der Waals surface area (Å²) in [5, 5.41) is 2.94. The largest absolute Gasteiger partial charge is 0.354 e. The lowest BCUT2D eigenvalue weighted by atomic mass is 10.1. The van der Waals surface area contributed by atoms with Crippen molar-refractivity contribution in [3.63, 3.8) is 0 Å². The summed E-state index contributed by atoms with van der Waals surface area (Å²) in [6.07, 6.45) is 0.943. The van der Waals surface area contributed by atoms with E-state index in [1.807, 2.05) is 51.1 Å². The van der Waals surface area contributed by atoms with E-state index in [1.54, 1.807) is 48.5 Å². The molecule has 2 amide bonds. The maximum Gasteiger partial charge on any atom is 0.264 e. The molecule has 1 atom stereocenters. The maximum atomic E-state index is 13.9. The molecule has 7 nitrogen and oxygen atoms in total. The molecule has 3 rings (SSSR count). The molecule has 0 aliphatic rings. The minimum Gasteiger partial charge on any atom is -0.354 e. The highest BCUT2D eigenvalue weighted by Gasteiger charge is 2.33. The van der Waals surface area contributed by atoms with Crippen LogP contribution in [0.1, 0.15) is 32.8 Å². The summed E-state index contributed by atoms with van der Waals surface area (Å²) in [5.74, 6) is -0.412. The Morgan fingerprint density at radius 3 is 1.95 bits per heavy atom. The highest BCUT2D eigenvalue weighted by molar-refractivity contribution is 7.92. The second-order valence-corrected chi connectivity index (χ2v) is 11.4. The molecule has 0 unspecified atom stereocenters. The van der Waals surface area contributed by atoms with Crippen LogP contribution in [0.3, 0.4) is 0 Å². The fourth-order valence-electron chi connectivity index (χ4n) is 4.16. The number of para-hydroxylation sites is 1. The number of nitrogens with one attached hydrogen (secondary N) is 1. The zero-order valence-electron chi connectivity index (χ0n) is 22.3. The lowest BCUT2D eigenvalue weighted by Gasteiger charge is -2.33. The van der Waals surface area contributed by atoms with Crippen molar-refractivity contribution in [3.05, 3.63) is 96.6 Å². The van der Waals surface area contributed by atoms with Crippen LogP contribution in [0.4, 0.5) is 5.69 Å². The summed E-state index contributed by atoms with van der Waals surface area (Å²) < 4.78 is 28.5. The summed E-state index contributed by atoms with van der Waals surface area (Å²) in [5.41, 5.74) is 1.41. The van der Waals surface area contributed by atoms with E-state index < -0.39 is 28.5 Å². The first-order valence-electron chi connectivity index (χ1n) is 13.0. The van der Waals surface area contributed by atoms with Crippen molar-refractivity contribution in [3.8, 4) is 0 Å². The van der Waals surface area contributed by atoms with Gasteiger partial charge < -0.3 is 10.2 Å². The molecule has 38 heavy (non-hydrogen) atoms. The molecule has 0 spiro atoms. The molecule has 0 aliphatic carbocycles. The number of carbonyl (C=O) groups is 2. The van der Waals surface area contributed by atoms with Crippen LogP contribution >= 0.6 is 0 Å². The van der Waals surface area contributed by atoms with Crippen LogP contribution in [0.2, 0.25) is 0 Å². The molecule has 1 N–H and O–H groups in total. The van der Waals surface area contributed by atoms with Gasteiger partial charge in [0, 0.05) is 13.1 Å². The second kappa shape index (κ2) is 13.8. The van der Waals surface area contributed by atoms with E-state index in [9.17, 15) is 18.0 Å². The Labute approximate surface area is 226 Å². The third-order valence-electron chi connectivity index (χ3n) is 6.21. The van der Waals surface area contributed by atoms with E-state index >= 15 is 0 Å². The van der Waals surface area contributed by atoms with Gasteiger partial charge >= 0.3 is 0 Å². The van der Waals surface area contributed by atoms with Crippen LogP contribution in [-0.2, 0) is 26.0 Å². The van der Waals surface area contributed by atoms with E-state index in [-0.39, 0.29) is 23.3 Å². The quantitative estimate of drug-likeness (QED) is 0.349. The average Bonchev–Trinajstić information content (AvgIpc) is 2.94. The molecule has 0 saturated heterocycles. The Balaban J connectivity index is 1.95. The number of rotatable bonds is 13. The van der Waals surface area contributed by atoms with Crippen molar-refractivity contribution in [1.29, 1.82) is 0 Å². The molecule has 0 heterocycles. The monoisotopic (exact) mass is 535 g/mol. The number of carbonyl (C=O) groups excluding carboxylic acids is 2. The molecule has 0 aromatic heterocycles. The molecule has 202 valence electrons. The van der Waals surface area contributed by atoms with Gasteiger partial charge in [-0.25, -0.2) is 8.42 Å². The molecular weight excluding hydrogens is 498 g/mol. The highest BCUT2D eigenvalue weighted by Crippen LogP contribution is 2.24. The first kappa shape index (κ1) is 28.9. The fraction of sp³-hybridized carbons (Fsp3) is 0.333. The molecule has 0 aliphatic heterocycles. The summed E-state index contributed by atoms with van der Waals surface area (Å²) in [6, 6.07) is 25.6. The SMILES string of the molecule is CC[C@@H](C(=O)NCC(C)C)N(CCc1ccccc1)C(=O)CN(c1ccccc1)S(=O)(=O)c1ccccc1. The van der Waals surface area contributed by atoms with Gasteiger partial charge in [0.25, 0.3) is 10.0 Å². The molecule has 0 saturated carbocycles. The van der Waals surface area contributed by atoms with E-state index in [1.165, 1.54) is 17.0 Å². The first-order valence-corrected chi connectivity index (χ1v) is 14.4. The number of hydrogen-bond donors (Lipinski definition) is 1. The zero-order valence-corrected chi connectivity index (χ0v) is 23.1. The van der Waals surface area contributed by atoms with Gasteiger partial charge in [-0.2, -0.15) is 0 Å². The van der Waals surface area contributed by atoms with Gasteiger partial charge in [-0.05, 0) is 48.6 Å². The third-order valence-corrected chi connectivity index (χ3v) is 8.00. The van der Waals surface area contributed by atoms with Gasteiger partial charge in [0.2, 0.25) is 11.8 Å². The summed E-state index contributed by atoms with van der Waals surface area (Å²) in [7, 11) is -4.04. The van der Waals surface area contributed by atoms with E-state index in [2.05, 4.69) is 5.32 Å². The third kappa shape index (κ3) is 7.68. The standard InChI is InChI=1S/C30H37N3O4S/c1-4-28(30(35)31-22-24(2)3)32(21-20-25-14-8-5-9-15-25)29(34)23-33(26-16-10-6-11-17-26)38(36,37)27-18-12-7-13-19-27/h5-19,24,28H,4,20-23H2,1-3H3,(H,31,35)/t28-/m0/s1. The van der Waals surface area contributed by atoms with Crippen molar-refractivity contribution in [1.82, 2.24) is 10.2 Å². The zero-order chi connectivity index (χ0) is 27.5. The number of sulfonamides is 1. The van der Waals surface area contributed by atoms with Crippen LogP contribution in [0.5, 0.6) is 0 Å². The predicted molar refractivity (Wildman–Crippen MR) is 151 cm³/mol. The van der Waals surface area contributed by atoms with E-state index in [4.69, 9.17) is 0 Å². The van der Waals surface area contributed by atoms with Crippen LogP contribution in [0, 0.1) is 5.92 Å². The average molecular weight is 536 g/mol. The van der Waals surface area contributed by atoms with Crippen LogP contribution < -0.4 is 9.62 Å². The summed E-state index contributed by atoms with van der Waals surface area (Å²) in [6.45, 7) is 6.22. The van der Waals surface area contributed by atoms with Gasteiger partial charge in [-0.15, -0.1) is 0 Å². The van der Waals surface area contributed by atoms with Crippen molar-refractivity contribution < 1.29 is 18.0 Å². The van der Waals surface area contributed by atoms with Gasteiger partial charge in [0.15, 0.2) is 0 Å². The minimum atomic E-state index is -4.04. The smallest absolute Gasteiger partial charge is 0.264 e. The van der Waals surface area contributed by atoms with Gasteiger partial charge in [-0.1, -0.05) is 87.5 Å². The molecule has 0 radical (unpaired) electrons. The molecule has 0 fully saturated rings. The topological polar surface area (TPSA) is 86.8 Å². The van der Waals surface area contributed by atoms with Crippen molar-refractivity contribution in [2.75, 3.05) is 23.9 Å².